The lowest BCUT2D eigenvalue weighted by atomic mass is 10.0. The first-order valence-corrected chi connectivity index (χ1v) is 8.97. The van der Waals surface area contributed by atoms with Gasteiger partial charge in [-0.25, -0.2) is 0 Å². The fourth-order valence-electron chi connectivity index (χ4n) is 3.65. The van der Waals surface area contributed by atoms with E-state index in [9.17, 15) is 4.79 Å². The summed E-state index contributed by atoms with van der Waals surface area (Å²) in [6, 6.07) is 8.22. The van der Waals surface area contributed by atoms with Gasteiger partial charge in [0, 0.05) is 19.1 Å². The average molecular weight is 341 g/mol. The molecule has 1 saturated heterocycles. The molecule has 2 aromatic rings. The van der Waals surface area contributed by atoms with Gasteiger partial charge in [0.15, 0.2) is 11.5 Å². The van der Waals surface area contributed by atoms with Crippen molar-refractivity contribution < 1.29 is 14.1 Å². The van der Waals surface area contributed by atoms with Gasteiger partial charge in [-0.2, -0.15) is 0 Å². The molecule has 6 heteroatoms. The summed E-state index contributed by atoms with van der Waals surface area (Å²) in [4.78, 5) is 14.9. The number of piperidine rings is 1. The Balaban J connectivity index is 1.41. The average Bonchev–Trinajstić information content (AvgIpc) is 3.08. The Hall–Kier alpha value is -2.34. The quantitative estimate of drug-likeness (QED) is 0.926. The van der Waals surface area contributed by atoms with Crippen LogP contribution in [0, 0.1) is 0 Å². The molecule has 0 radical (unpaired) electrons. The molecule has 0 unspecified atom stereocenters. The number of hydrogen-bond acceptors (Lipinski definition) is 5. The molecule has 1 amide bonds. The minimum Gasteiger partial charge on any atom is -0.488 e. The van der Waals surface area contributed by atoms with Crippen LogP contribution >= 0.6 is 0 Å². The summed E-state index contributed by atoms with van der Waals surface area (Å²) in [5.74, 6) is 1.20. The molecule has 1 fully saturated rings. The van der Waals surface area contributed by atoms with Gasteiger partial charge in [-0.15, -0.1) is 0 Å². The van der Waals surface area contributed by atoms with Crippen LogP contribution in [0.2, 0.25) is 0 Å². The normalized spacial score (nSPS) is 19.6. The van der Waals surface area contributed by atoms with Crippen molar-refractivity contribution in [1.29, 1.82) is 0 Å². The van der Waals surface area contributed by atoms with E-state index in [1.807, 2.05) is 24.3 Å². The van der Waals surface area contributed by atoms with Gasteiger partial charge in [-0.3, -0.25) is 9.69 Å². The number of nitrogens with zero attached hydrogens (tertiary/aromatic N) is 2. The van der Waals surface area contributed by atoms with Crippen LogP contribution in [0.3, 0.4) is 0 Å². The molecule has 2 aliphatic rings. The second-order valence-electron chi connectivity index (χ2n) is 6.76. The number of aromatic nitrogens is 1. The van der Waals surface area contributed by atoms with Crippen LogP contribution in [0.15, 0.2) is 28.8 Å². The van der Waals surface area contributed by atoms with Gasteiger partial charge < -0.3 is 14.6 Å². The van der Waals surface area contributed by atoms with Crippen LogP contribution in [-0.4, -0.2) is 41.6 Å². The van der Waals surface area contributed by atoms with E-state index in [2.05, 4.69) is 22.3 Å². The molecule has 1 aromatic heterocycles. The molecule has 1 N–H and O–H groups in total. The van der Waals surface area contributed by atoms with E-state index < -0.39 is 0 Å². The zero-order valence-electron chi connectivity index (χ0n) is 14.5. The summed E-state index contributed by atoms with van der Waals surface area (Å²) < 4.78 is 11.2. The highest BCUT2D eigenvalue weighted by Crippen LogP contribution is 2.38. The third kappa shape index (κ3) is 3.14. The van der Waals surface area contributed by atoms with E-state index in [0.29, 0.717) is 30.6 Å². The highest BCUT2D eigenvalue weighted by molar-refractivity contribution is 5.95. The number of carbonyl (C=O) groups excluding carboxylic acids is 1. The molecule has 0 bridgehead atoms. The van der Waals surface area contributed by atoms with Crippen molar-refractivity contribution >= 4 is 5.91 Å². The lowest BCUT2D eigenvalue weighted by Gasteiger charge is -2.33. The number of carbonyl (C=O) groups is 1. The largest absolute Gasteiger partial charge is 0.488 e. The van der Waals surface area contributed by atoms with Crippen molar-refractivity contribution in [2.24, 2.45) is 0 Å². The predicted molar refractivity (Wildman–Crippen MR) is 93.5 cm³/mol. The van der Waals surface area contributed by atoms with Gasteiger partial charge in [0.1, 0.15) is 12.4 Å². The lowest BCUT2D eigenvalue weighted by Crippen LogP contribution is -2.42. The summed E-state index contributed by atoms with van der Waals surface area (Å²) >= 11 is 0. The number of likely N-dealkylation sites (tertiary alicyclic amines) is 1. The summed E-state index contributed by atoms with van der Waals surface area (Å²) in [7, 11) is 0. The Kier molecular flexibility index (Phi) is 4.44. The number of benzene rings is 1. The lowest BCUT2D eigenvalue weighted by molar-refractivity contribution is 0.0927. The summed E-state index contributed by atoms with van der Waals surface area (Å²) in [5, 5.41) is 6.96. The van der Waals surface area contributed by atoms with Gasteiger partial charge in [-0.05, 0) is 38.4 Å². The zero-order chi connectivity index (χ0) is 17.2. The second-order valence-corrected chi connectivity index (χ2v) is 6.76. The molecule has 132 valence electrons. The van der Waals surface area contributed by atoms with E-state index in [1.54, 1.807) is 0 Å². The van der Waals surface area contributed by atoms with E-state index in [0.717, 1.165) is 30.0 Å². The first-order valence-electron chi connectivity index (χ1n) is 8.97. The van der Waals surface area contributed by atoms with Crippen LogP contribution in [0.25, 0.3) is 11.3 Å². The van der Waals surface area contributed by atoms with E-state index in [4.69, 9.17) is 9.26 Å². The Morgan fingerprint density at radius 1 is 1.36 bits per heavy atom. The third-order valence-electron chi connectivity index (χ3n) is 5.13. The van der Waals surface area contributed by atoms with Gasteiger partial charge in [0.2, 0.25) is 0 Å². The molecule has 0 spiro atoms. The Bertz CT molecular complexity index is 771. The van der Waals surface area contributed by atoms with Crippen LogP contribution in [-0.2, 0) is 6.61 Å². The number of amides is 1. The topological polar surface area (TPSA) is 67.6 Å². The Morgan fingerprint density at radius 3 is 3.12 bits per heavy atom. The number of nitrogens with one attached hydrogen (secondary N) is 1. The van der Waals surface area contributed by atoms with Gasteiger partial charge >= 0.3 is 0 Å². The van der Waals surface area contributed by atoms with E-state index >= 15 is 0 Å². The molecule has 4 rings (SSSR count). The SMILES string of the molecule is C[C@@H]1CCCCN1CCNC(=O)c1noc2c1COc1ccccc1-2. The first kappa shape index (κ1) is 16.1. The third-order valence-corrected chi connectivity index (χ3v) is 5.13. The molecule has 1 aromatic carbocycles. The molecule has 1 atom stereocenters. The molecule has 0 saturated carbocycles. The molecular weight excluding hydrogens is 318 g/mol. The number of hydrogen-bond donors (Lipinski definition) is 1. The summed E-state index contributed by atoms with van der Waals surface area (Å²) in [5.41, 5.74) is 1.90. The standard InChI is InChI=1S/C19H23N3O3/c1-13-6-4-5-10-22(13)11-9-20-19(23)17-15-12-24-16-8-3-2-7-14(16)18(15)25-21-17/h2-3,7-8,13H,4-6,9-12H2,1H3,(H,20,23)/t13-/m1/s1. The molecule has 6 nitrogen and oxygen atoms in total. The highest BCUT2D eigenvalue weighted by Gasteiger charge is 2.28. The maximum absolute atomic E-state index is 12.5. The smallest absolute Gasteiger partial charge is 0.273 e. The van der Waals surface area contributed by atoms with E-state index in [1.165, 1.54) is 19.3 Å². The first-order chi connectivity index (χ1) is 12.2. The molecule has 25 heavy (non-hydrogen) atoms. The molecule has 2 aliphatic heterocycles. The van der Waals surface area contributed by atoms with Crippen molar-refractivity contribution in [2.45, 2.75) is 38.8 Å². The Morgan fingerprint density at radius 2 is 2.24 bits per heavy atom. The summed E-state index contributed by atoms with van der Waals surface area (Å²) in [6.45, 7) is 5.15. The minimum absolute atomic E-state index is 0.197. The van der Waals surface area contributed by atoms with Crippen LogP contribution in [0.1, 0.15) is 42.2 Å². The molecule has 3 heterocycles. The minimum atomic E-state index is -0.197. The van der Waals surface area contributed by atoms with Crippen molar-refractivity contribution in [3.8, 4) is 17.1 Å². The van der Waals surface area contributed by atoms with E-state index in [-0.39, 0.29) is 5.91 Å². The van der Waals surface area contributed by atoms with Crippen molar-refractivity contribution in [3.05, 3.63) is 35.5 Å². The zero-order valence-corrected chi connectivity index (χ0v) is 14.5. The maximum Gasteiger partial charge on any atom is 0.273 e. The van der Waals surface area contributed by atoms with Crippen molar-refractivity contribution in [2.75, 3.05) is 19.6 Å². The van der Waals surface area contributed by atoms with Crippen molar-refractivity contribution in [1.82, 2.24) is 15.4 Å². The van der Waals surface area contributed by atoms with Crippen LogP contribution < -0.4 is 10.1 Å². The summed E-state index contributed by atoms with van der Waals surface area (Å²) in [6.07, 6.45) is 3.78. The fraction of sp³-hybridized carbons (Fsp3) is 0.474. The van der Waals surface area contributed by atoms with Gasteiger partial charge in [0.05, 0.1) is 11.1 Å². The van der Waals surface area contributed by atoms with Crippen molar-refractivity contribution in [3.63, 3.8) is 0 Å². The highest BCUT2D eigenvalue weighted by atomic mass is 16.5. The van der Waals surface area contributed by atoms with Crippen LogP contribution in [0.5, 0.6) is 5.75 Å². The Labute approximate surface area is 147 Å². The van der Waals surface area contributed by atoms with Gasteiger partial charge in [-0.1, -0.05) is 23.7 Å². The number of fused-ring (bicyclic) bond motifs is 3. The molecular formula is C19H23N3O3. The molecule has 0 aliphatic carbocycles. The maximum atomic E-state index is 12.5. The van der Waals surface area contributed by atoms with Gasteiger partial charge in [0.25, 0.3) is 5.91 Å². The number of ether oxygens (including phenoxy) is 1. The monoisotopic (exact) mass is 341 g/mol. The number of para-hydroxylation sites is 1. The second kappa shape index (κ2) is 6.88. The predicted octanol–water partition coefficient (Wildman–Crippen LogP) is 2.84. The van der Waals surface area contributed by atoms with Crippen LogP contribution in [0.4, 0.5) is 0 Å². The number of rotatable bonds is 4. The fourth-order valence-corrected chi connectivity index (χ4v) is 3.65.